The van der Waals surface area contributed by atoms with Gasteiger partial charge in [-0.15, -0.1) is 0 Å². The number of hydrogen-bond donors (Lipinski definition) is 1. The maximum absolute atomic E-state index is 12.2. The van der Waals surface area contributed by atoms with Crippen molar-refractivity contribution in [3.05, 3.63) is 102 Å². The zero-order valence-corrected chi connectivity index (χ0v) is 19.6. The summed E-state index contributed by atoms with van der Waals surface area (Å²) >= 11 is 0. The van der Waals surface area contributed by atoms with Gasteiger partial charge >= 0.3 is 29.6 Å². The summed E-state index contributed by atoms with van der Waals surface area (Å²) in [6, 6.07) is 25.5. The van der Waals surface area contributed by atoms with Crippen molar-refractivity contribution in [1.82, 2.24) is 5.32 Å². The predicted molar refractivity (Wildman–Crippen MR) is 113 cm³/mol. The second-order valence-electron chi connectivity index (χ2n) is 7.05. The molecular weight excluding hydrogens is 401 g/mol. The van der Waals surface area contributed by atoms with E-state index in [2.05, 4.69) is 5.32 Å². The molecule has 0 aliphatic carbocycles. The van der Waals surface area contributed by atoms with Crippen LogP contribution in [0.3, 0.4) is 0 Å². The second kappa shape index (κ2) is 13.0. The zero-order chi connectivity index (χ0) is 21.2. The van der Waals surface area contributed by atoms with E-state index in [1.54, 1.807) is 24.3 Å². The Morgan fingerprint density at radius 3 is 1.97 bits per heavy atom. The summed E-state index contributed by atoms with van der Waals surface area (Å²) in [6.45, 7) is 0.458. The Kier molecular flexibility index (Phi) is 10.3. The first-order valence-electron chi connectivity index (χ1n) is 9.90. The number of carbonyl (C=O) groups excluding carboxylic acids is 2. The molecule has 0 bridgehead atoms. The van der Waals surface area contributed by atoms with Crippen molar-refractivity contribution in [3.8, 4) is 5.75 Å². The van der Waals surface area contributed by atoms with E-state index in [0.717, 1.165) is 16.7 Å². The summed E-state index contributed by atoms with van der Waals surface area (Å²) in [5.74, 6) is -0.914. The van der Waals surface area contributed by atoms with Crippen LogP contribution in [0, 0.1) is 0 Å². The summed E-state index contributed by atoms with van der Waals surface area (Å²) in [5, 5.41) is 14.1. The van der Waals surface area contributed by atoms with Gasteiger partial charge in [0.15, 0.2) is 0 Å². The smallest absolute Gasteiger partial charge is 0.548 e. The molecule has 1 atom stereocenters. The third kappa shape index (κ3) is 8.58. The molecule has 0 aromatic heterocycles. The van der Waals surface area contributed by atoms with Gasteiger partial charge in [0.2, 0.25) is 5.91 Å². The predicted octanol–water partition coefficient (Wildman–Crippen LogP) is -0.320. The van der Waals surface area contributed by atoms with Gasteiger partial charge in [-0.3, -0.25) is 4.79 Å². The summed E-state index contributed by atoms with van der Waals surface area (Å²) < 4.78 is 5.74. The molecule has 1 amide bonds. The van der Waals surface area contributed by atoms with Crippen LogP contribution in [-0.2, 0) is 29.0 Å². The SMILES string of the molecule is O=C(CCc1ccccc1)N[C@@H](Cc1ccc(OCc2ccccc2)cc1)C(=O)[O-].[Na+]. The van der Waals surface area contributed by atoms with Crippen LogP contribution in [-0.4, -0.2) is 17.9 Å². The van der Waals surface area contributed by atoms with E-state index in [1.807, 2.05) is 60.7 Å². The number of carbonyl (C=O) groups is 2. The van der Waals surface area contributed by atoms with Crippen molar-refractivity contribution in [2.75, 3.05) is 0 Å². The molecule has 0 saturated carbocycles. The minimum absolute atomic E-state index is 0. The molecule has 0 saturated heterocycles. The van der Waals surface area contributed by atoms with E-state index in [-0.39, 0.29) is 48.3 Å². The molecule has 3 rings (SSSR count). The van der Waals surface area contributed by atoms with E-state index in [1.165, 1.54) is 0 Å². The fourth-order valence-electron chi connectivity index (χ4n) is 3.06. The molecule has 3 aromatic rings. The van der Waals surface area contributed by atoms with Gasteiger partial charge in [-0.05, 0) is 41.7 Å². The van der Waals surface area contributed by atoms with Crippen molar-refractivity contribution in [1.29, 1.82) is 0 Å². The number of rotatable bonds is 10. The van der Waals surface area contributed by atoms with Crippen molar-refractivity contribution in [2.24, 2.45) is 0 Å². The summed E-state index contributed by atoms with van der Waals surface area (Å²) in [6.07, 6.45) is 0.929. The molecule has 0 aliphatic rings. The van der Waals surface area contributed by atoms with Gasteiger partial charge < -0.3 is 20.0 Å². The first-order chi connectivity index (χ1) is 14.6. The molecule has 0 unspecified atom stereocenters. The van der Waals surface area contributed by atoms with Crippen LogP contribution in [0.5, 0.6) is 5.75 Å². The van der Waals surface area contributed by atoms with Gasteiger partial charge in [0.25, 0.3) is 0 Å². The van der Waals surface area contributed by atoms with Gasteiger partial charge in [0.05, 0.1) is 12.0 Å². The molecule has 31 heavy (non-hydrogen) atoms. The number of carboxylic acids is 1. The molecule has 0 aliphatic heterocycles. The standard InChI is InChI=1S/C25H25NO4.Na/c27-24(16-13-19-7-3-1-4-8-19)26-23(25(28)29)17-20-11-14-22(15-12-20)30-18-21-9-5-2-6-10-21;/h1-12,14-15,23H,13,16-18H2,(H,26,27)(H,28,29);/q;+1/p-1/t23-;/m0./s1. The number of nitrogens with one attached hydrogen (secondary N) is 1. The number of aryl methyl sites for hydroxylation is 1. The molecule has 3 aromatic carbocycles. The number of aliphatic carboxylic acids is 1. The maximum atomic E-state index is 12.2. The van der Waals surface area contributed by atoms with Gasteiger partial charge in [0.1, 0.15) is 12.4 Å². The largest absolute Gasteiger partial charge is 1.00 e. The average Bonchev–Trinajstić information content (AvgIpc) is 2.78. The van der Waals surface area contributed by atoms with Crippen molar-refractivity contribution >= 4 is 11.9 Å². The van der Waals surface area contributed by atoms with Crippen LogP contribution in [0.2, 0.25) is 0 Å². The van der Waals surface area contributed by atoms with Crippen LogP contribution in [0.1, 0.15) is 23.1 Å². The summed E-state index contributed by atoms with van der Waals surface area (Å²) in [4.78, 5) is 23.7. The molecule has 5 nitrogen and oxygen atoms in total. The Morgan fingerprint density at radius 1 is 0.806 bits per heavy atom. The molecular formula is C25H24NNaO4. The Balaban J connectivity index is 0.00000341. The minimum Gasteiger partial charge on any atom is -0.548 e. The Bertz CT molecular complexity index is 946. The first kappa shape index (κ1) is 24.7. The van der Waals surface area contributed by atoms with Gasteiger partial charge in [-0.1, -0.05) is 72.8 Å². The summed E-state index contributed by atoms with van der Waals surface area (Å²) in [5.41, 5.74) is 2.88. The van der Waals surface area contributed by atoms with Gasteiger partial charge in [-0.2, -0.15) is 0 Å². The van der Waals surface area contributed by atoms with Crippen molar-refractivity contribution in [3.63, 3.8) is 0 Å². The fourth-order valence-corrected chi connectivity index (χ4v) is 3.06. The minimum atomic E-state index is -1.30. The number of amides is 1. The molecule has 0 heterocycles. The Labute approximate surface area is 204 Å². The molecule has 6 heteroatoms. The molecule has 0 fully saturated rings. The third-order valence-electron chi connectivity index (χ3n) is 4.71. The van der Waals surface area contributed by atoms with E-state index >= 15 is 0 Å². The van der Waals surface area contributed by atoms with Crippen molar-refractivity contribution < 1.29 is 49.0 Å². The number of hydrogen-bond acceptors (Lipinski definition) is 4. The molecule has 1 N–H and O–H groups in total. The van der Waals surface area contributed by atoms with E-state index in [0.29, 0.717) is 18.8 Å². The van der Waals surface area contributed by atoms with E-state index in [4.69, 9.17) is 4.74 Å². The maximum Gasteiger partial charge on any atom is 1.00 e. The van der Waals surface area contributed by atoms with Crippen LogP contribution in [0.4, 0.5) is 0 Å². The topological polar surface area (TPSA) is 78.5 Å². The normalized spacial score (nSPS) is 11.1. The van der Waals surface area contributed by atoms with E-state index < -0.39 is 12.0 Å². The second-order valence-corrected chi connectivity index (χ2v) is 7.05. The number of ether oxygens (including phenoxy) is 1. The van der Waals surface area contributed by atoms with Gasteiger partial charge in [-0.25, -0.2) is 0 Å². The quantitative estimate of drug-likeness (QED) is 0.452. The number of carboxylic acid groups (broad SMARTS) is 1. The Morgan fingerprint density at radius 2 is 1.39 bits per heavy atom. The van der Waals surface area contributed by atoms with Gasteiger partial charge in [0, 0.05) is 6.42 Å². The number of benzene rings is 3. The molecule has 0 spiro atoms. The van der Waals surface area contributed by atoms with Crippen LogP contribution < -0.4 is 44.7 Å². The van der Waals surface area contributed by atoms with Crippen LogP contribution in [0.15, 0.2) is 84.9 Å². The fraction of sp³-hybridized carbons (Fsp3) is 0.200. The Hall–Kier alpha value is -2.60. The molecule has 154 valence electrons. The van der Waals surface area contributed by atoms with Crippen molar-refractivity contribution in [2.45, 2.75) is 31.9 Å². The average molecular weight is 425 g/mol. The monoisotopic (exact) mass is 425 g/mol. The third-order valence-corrected chi connectivity index (χ3v) is 4.71. The van der Waals surface area contributed by atoms with Crippen LogP contribution >= 0.6 is 0 Å². The zero-order valence-electron chi connectivity index (χ0n) is 17.6. The van der Waals surface area contributed by atoms with E-state index in [9.17, 15) is 14.7 Å². The summed E-state index contributed by atoms with van der Waals surface area (Å²) in [7, 11) is 0. The molecule has 0 radical (unpaired) electrons. The van der Waals surface area contributed by atoms with Crippen LogP contribution in [0.25, 0.3) is 0 Å². The first-order valence-corrected chi connectivity index (χ1v) is 9.90.